The Morgan fingerprint density at radius 1 is 1.03 bits per heavy atom. The van der Waals surface area contributed by atoms with Gasteiger partial charge < -0.3 is 14.7 Å². The molecule has 1 aromatic heterocycles. The summed E-state index contributed by atoms with van der Waals surface area (Å²) >= 11 is 0. The predicted molar refractivity (Wildman–Crippen MR) is 132 cm³/mol. The molecule has 3 fully saturated rings. The minimum absolute atomic E-state index is 0.105. The molecule has 0 atom stereocenters. The fourth-order valence-corrected chi connectivity index (χ4v) is 5.65. The van der Waals surface area contributed by atoms with Gasteiger partial charge in [-0.25, -0.2) is 0 Å². The van der Waals surface area contributed by atoms with E-state index >= 15 is 0 Å². The number of carbonyl (C=O) groups is 2. The zero-order chi connectivity index (χ0) is 23.9. The van der Waals surface area contributed by atoms with Gasteiger partial charge in [0.2, 0.25) is 5.91 Å². The first-order chi connectivity index (χ1) is 17.1. The molecular weight excluding hydrogens is 444 g/mol. The van der Waals surface area contributed by atoms with Gasteiger partial charge in [-0.15, -0.1) is 0 Å². The van der Waals surface area contributed by atoms with Crippen LogP contribution in [0.4, 0.5) is 5.69 Å². The first kappa shape index (κ1) is 22.6. The van der Waals surface area contributed by atoms with Crippen LogP contribution in [-0.4, -0.2) is 63.9 Å². The summed E-state index contributed by atoms with van der Waals surface area (Å²) in [6.45, 7) is 2.44. The molecule has 8 heteroatoms. The van der Waals surface area contributed by atoms with E-state index in [-0.39, 0.29) is 30.5 Å². The fraction of sp³-hybridized carbons (Fsp3) is 0.593. The van der Waals surface area contributed by atoms with Crippen LogP contribution in [0.3, 0.4) is 0 Å². The van der Waals surface area contributed by atoms with E-state index in [4.69, 9.17) is 14.9 Å². The number of likely N-dealkylation sites (tertiary alicyclic amines) is 1. The number of nitrogens with zero attached hydrogens (tertiary/aromatic N) is 4. The predicted octanol–water partition coefficient (Wildman–Crippen LogP) is 3.89. The minimum atomic E-state index is -0.770. The highest BCUT2D eigenvalue weighted by Gasteiger charge is 2.37. The maximum Gasteiger partial charge on any atom is 0.317 e. The summed E-state index contributed by atoms with van der Waals surface area (Å²) in [4.78, 5) is 28.0. The van der Waals surface area contributed by atoms with Crippen LogP contribution in [0.25, 0.3) is 11.1 Å². The van der Waals surface area contributed by atoms with Crippen molar-refractivity contribution in [2.45, 2.75) is 69.9 Å². The summed E-state index contributed by atoms with van der Waals surface area (Å²) in [5, 5.41) is 13.8. The molecule has 2 saturated carbocycles. The molecule has 6 rings (SSSR count). The van der Waals surface area contributed by atoms with Crippen molar-refractivity contribution in [2.75, 3.05) is 31.1 Å². The number of ether oxygens (including phenoxy) is 1. The van der Waals surface area contributed by atoms with Gasteiger partial charge in [0, 0.05) is 48.4 Å². The van der Waals surface area contributed by atoms with Crippen LogP contribution in [-0.2, 0) is 16.0 Å². The lowest BCUT2D eigenvalue weighted by Crippen LogP contribution is -2.38. The Morgan fingerprint density at radius 3 is 2.51 bits per heavy atom. The third kappa shape index (κ3) is 4.56. The van der Waals surface area contributed by atoms with Crippen LogP contribution in [0.5, 0.6) is 5.75 Å². The van der Waals surface area contributed by atoms with Crippen molar-refractivity contribution in [2.24, 2.45) is 5.92 Å². The number of fused-ring (bicyclic) bond motifs is 1. The number of anilines is 1. The molecule has 8 nitrogen and oxygen atoms in total. The monoisotopic (exact) mass is 478 g/mol. The van der Waals surface area contributed by atoms with Crippen LogP contribution in [0.15, 0.2) is 24.5 Å². The van der Waals surface area contributed by atoms with Crippen molar-refractivity contribution >= 4 is 17.6 Å². The van der Waals surface area contributed by atoms with Gasteiger partial charge in [-0.1, -0.05) is 0 Å². The van der Waals surface area contributed by atoms with E-state index in [0.717, 1.165) is 93.6 Å². The second-order valence-corrected chi connectivity index (χ2v) is 10.6. The molecule has 1 amide bonds. The van der Waals surface area contributed by atoms with E-state index in [2.05, 4.69) is 18.3 Å². The minimum Gasteiger partial charge on any atom is -0.489 e. The molecule has 1 N–H and O–H groups in total. The molecule has 1 aromatic carbocycles. The zero-order valence-corrected chi connectivity index (χ0v) is 20.2. The number of carboxylic acids is 1. The first-order valence-electron chi connectivity index (χ1n) is 13.2. The second kappa shape index (κ2) is 9.30. The molecule has 0 radical (unpaired) electrons. The summed E-state index contributed by atoms with van der Waals surface area (Å²) in [7, 11) is 0. The van der Waals surface area contributed by atoms with Crippen molar-refractivity contribution < 1.29 is 19.4 Å². The number of aliphatic carboxylic acids is 1. The third-order valence-electron chi connectivity index (χ3n) is 8.07. The lowest BCUT2D eigenvalue weighted by molar-refractivity contribution is -0.138. The third-order valence-corrected chi connectivity index (χ3v) is 8.07. The molecule has 0 unspecified atom stereocenters. The van der Waals surface area contributed by atoms with Crippen LogP contribution in [0, 0.1) is 5.92 Å². The number of carbonyl (C=O) groups excluding carboxylic acids is 1. The molecule has 1 saturated heterocycles. The smallest absolute Gasteiger partial charge is 0.317 e. The van der Waals surface area contributed by atoms with Crippen LogP contribution >= 0.6 is 0 Å². The van der Waals surface area contributed by atoms with Gasteiger partial charge in [0.25, 0.3) is 0 Å². The van der Waals surface area contributed by atoms with Crippen molar-refractivity contribution in [1.82, 2.24) is 14.7 Å². The summed E-state index contributed by atoms with van der Waals surface area (Å²) in [6.07, 6.45) is 13.4. The molecule has 2 aliphatic carbocycles. The highest BCUT2D eigenvalue weighted by atomic mass is 16.5. The summed E-state index contributed by atoms with van der Waals surface area (Å²) < 4.78 is 8.65. The Hall–Kier alpha value is -2.87. The molecule has 186 valence electrons. The average molecular weight is 479 g/mol. The van der Waals surface area contributed by atoms with E-state index in [0.29, 0.717) is 0 Å². The highest BCUT2D eigenvalue weighted by Crippen LogP contribution is 2.45. The van der Waals surface area contributed by atoms with Gasteiger partial charge in [0.15, 0.2) is 0 Å². The number of benzene rings is 1. The van der Waals surface area contributed by atoms with Gasteiger partial charge in [-0.2, -0.15) is 5.10 Å². The number of piperidine rings is 1. The Kier molecular flexibility index (Phi) is 6.00. The van der Waals surface area contributed by atoms with Gasteiger partial charge in [-0.05, 0) is 69.9 Å². The van der Waals surface area contributed by atoms with E-state index in [1.807, 2.05) is 20.7 Å². The Morgan fingerprint density at radius 2 is 1.83 bits per heavy atom. The van der Waals surface area contributed by atoms with Crippen molar-refractivity contribution in [1.29, 1.82) is 0 Å². The van der Waals surface area contributed by atoms with Gasteiger partial charge in [0.05, 0.1) is 30.6 Å². The van der Waals surface area contributed by atoms with E-state index < -0.39 is 5.97 Å². The number of aromatic nitrogens is 2. The second-order valence-electron chi connectivity index (χ2n) is 10.6. The standard InChI is InChI=1S/C27H34N4O4/c32-25(33)17-29-13-10-20(11-14-29)31-16-19(15-28-31)22-8-9-24-23(26(22)35-21-3-1-4-21)5-2-12-30(24)27(34)18-6-7-18/h8-9,15-16,18,20-21H,1-7,10-14,17H2,(H,32,33). The topological polar surface area (TPSA) is 87.9 Å². The number of hydrogen-bond donors (Lipinski definition) is 1. The summed E-state index contributed by atoms with van der Waals surface area (Å²) in [5.41, 5.74) is 4.31. The number of amides is 1. The number of rotatable bonds is 7. The van der Waals surface area contributed by atoms with Crippen LogP contribution in [0.2, 0.25) is 0 Å². The van der Waals surface area contributed by atoms with Crippen molar-refractivity contribution in [3.05, 3.63) is 30.1 Å². The number of hydrogen-bond acceptors (Lipinski definition) is 5. The van der Waals surface area contributed by atoms with E-state index in [1.54, 1.807) is 0 Å². The van der Waals surface area contributed by atoms with Crippen LogP contribution in [0.1, 0.15) is 63.0 Å². The Labute approximate surface area is 205 Å². The molecule has 3 heterocycles. The lowest BCUT2D eigenvalue weighted by atomic mass is 9.93. The van der Waals surface area contributed by atoms with Crippen molar-refractivity contribution in [3.8, 4) is 16.9 Å². The molecule has 2 aromatic rings. The molecule has 0 bridgehead atoms. The maximum atomic E-state index is 13.0. The lowest BCUT2D eigenvalue weighted by Gasteiger charge is -2.34. The van der Waals surface area contributed by atoms with Crippen molar-refractivity contribution in [3.63, 3.8) is 0 Å². The fourth-order valence-electron chi connectivity index (χ4n) is 5.65. The van der Waals surface area contributed by atoms with Crippen LogP contribution < -0.4 is 9.64 Å². The molecule has 35 heavy (non-hydrogen) atoms. The highest BCUT2D eigenvalue weighted by molar-refractivity contribution is 5.98. The largest absolute Gasteiger partial charge is 0.489 e. The van der Waals surface area contributed by atoms with E-state index in [9.17, 15) is 9.59 Å². The summed E-state index contributed by atoms with van der Waals surface area (Å²) in [6, 6.07) is 4.50. The molecular formula is C27H34N4O4. The first-order valence-corrected chi connectivity index (χ1v) is 13.2. The maximum absolute atomic E-state index is 13.0. The van der Waals surface area contributed by atoms with Gasteiger partial charge in [0.1, 0.15) is 5.75 Å². The Bertz CT molecular complexity index is 1110. The molecule has 2 aliphatic heterocycles. The summed E-state index contributed by atoms with van der Waals surface area (Å²) in [5.74, 6) is 0.650. The zero-order valence-electron chi connectivity index (χ0n) is 20.2. The Balaban J connectivity index is 1.28. The normalized spacial score (nSPS) is 21.4. The van der Waals surface area contributed by atoms with Gasteiger partial charge in [-0.3, -0.25) is 19.2 Å². The molecule has 4 aliphatic rings. The quantitative estimate of drug-likeness (QED) is 0.650. The number of carboxylic acid groups (broad SMARTS) is 1. The van der Waals surface area contributed by atoms with E-state index in [1.165, 1.54) is 12.0 Å². The average Bonchev–Trinajstić information content (AvgIpc) is 3.57. The van der Waals surface area contributed by atoms with Gasteiger partial charge >= 0.3 is 5.97 Å². The SMILES string of the molecule is O=C(O)CN1CCC(n2cc(-c3ccc4c(c3OC3CCC3)CCCN4C(=O)C3CC3)cn2)CC1. The molecule has 0 spiro atoms.